The SMILES string of the molecule is C=C.Cc1ccccc1N1Cc2ccccc2-c2cc3c(cc21)c1ccccc1n3-c1cccc(Sc2ccccc2)c1.c1ccc(-c2ccccc2)cc1. The Labute approximate surface area is 328 Å². The van der Waals surface area contributed by atoms with Gasteiger partial charge in [-0.3, -0.25) is 0 Å². The van der Waals surface area contributed by atoms with Crippen LogP contribution in [-0.4, -0.2) is 4.57 Å². The third-order valence-corrected chi connectivity index (χ3v) is 11.1. The van der Waals surface area contributed by atoms with E-state index in [1.807, 2.05) is 12.1 Å². The van der Waals surface area contributed by atoms with Gasteiger partial charge in [-0.1, -0.05) is 157 Å². The lowest BCUT2D eigenvalue weighted by Gasteiger charge is -2.34. The Morgan fingerprint density at radius 1 is 0.455 bits per heavy atom. The summed E-state index contributed by atoms with van der Waals surface area (Å²) in [6, 6.07) is 71.6. The van der Waals surface area contributed by atoms with E-state index in [1.54, 1.807) is 11.8 Å². The molecule has 0 amide bonds. The summed E-state index contributed by atoms with van der Waals surface area (Å²) >= 11 is 1.80. The number of hydrogen-bond donors (Lipinski definition) is 0. The van der Waals surface area contributed by atoms with Crippen LogP contribution in [-0.2, 0) is 6.54 Å². The molecule has 0 bridgehead atoms. The molecule has 0 N–H and O–H groups in total. The van der Waals surface area contributed by atoms with E-state index in [4.69, 9.17) is 0 Å². The Balaban J connectivity index is 0.000000258. The first kappa shape index (κ1) is 35.5. The van der Waals surface area contributed by atoms with E-state index in [0.717, 1.165) is 6.54 Å². The number of fused-ring (bicyclic) bond motifs is 6. The molecule has 2 nitrogen and oxygen atoms in total. The van der Waals surface area contributed by atoms with Gasteiger partial charge in [0.1, 0.15) is 0 Å². The molecule has 0 spiro atoms. The minimum Gasteiger partial charge on any atom is -0.336 e. The van der Waals surface area contributed by atoms with Gasteiger partial charge in [-0.15, -0.1) is 13.2 Å². The molecule has 0 atom stereocenters. The molecule has 266 valence electrons. The third kappa shape index (κ3) is 7.23. The summed E-state index contributed by atoms with van der Waals surface area (Å²) in [4.78, 5) is 4.97. The average molecular weight is 727 g/mol. The lowest BCUT2D eigenvalue weighted by Crippen LogP contribution is -2.22. The molecule has 0 aliphatic carbocycles. The molecule has 0 fully saturated rings. The van der Waals surface area contributed by atoms with Crippen LogP contribution in [0.1, 0.15) is 11.1 Å². The van der Waals surface area contributed by atoms with Gasteiger partial charge < -0.3 is 9.47 Å². The third-order valence-electron chi connectivity index (χ3n) is 10.1. The van der Waals surface area contributed by atoms with Crippen molar-refractivity contribution in [3.8, 4) is 27.9 Å². The predicted molar refractivity (Wildman–Crippen MR) is 237 cm³/mol. The molecule has 9 aromatic rings. The maximum atomic E-state index is 3.00. The van der Waals surface area contributed by atoms with E-state index in [0.29, 0.717) is 0 Å². The van der Waals surface area contributed by atoms with Crippen LogP contribution < -0.4 is 4.90 Å². The van der Waals surface area contributed by atoms with Crippen LogP contribution in [0.15, 0.2) is 223 Å². The van der Waals surface area contributed by atoms with Gasteiger partial charge in [0.25, 0.3) is 0 Å². The van der Waals surface area contributed by atoms with Crippen LogP contribution in [0.3, 0.4) is 0 Å². The quantitative estimate of drug-likeness (QED) is 0.163. The smallest absolute Gasteiger partial charge is 0.0548 e. The second kappa shape index (κ2) is 16.2. The minimum atomic E-state index is 0.858. The summed E-state index contributed by atoms with van der Waals surface area (Å²) in [5, 5.41) is 2.55. The fourth-order valence-electron chi connectivity index (χ4n) is 7.55. The van der Waals surface area contributed by atoms with E-state index in [-0.39, 0.29) is 0 Å². The number of aromatic nitrogens is 1. The second-order valence-electron chi connectivity index (χ2n) is 13.4. The van der Waals surface area contributed by atoms with Gasteiger partial charge in [0, 0.05) is 44.0 Å². The van der Waals surface area contributed by atoms with Crippen LogP contribution in [0.25, 0.3) is 49.7 Å². The molecule has 1 aromatic heterocycles. The molecular formula is C52H42N2S. The molecule has 0 saturated heterocycles. The van der Waals surface area contributed by atoms with Crippen LogP contribution in [0.4, 0.5) is 11.4 Å². The second-order valence-corrected chi connectivity index (χ2v) is 14.6. The van der Waals surface area contributed by atoms with Crippen LogP contribution in [0.2, 0.25) is 0 Å². The van der Waals surface area contributed by atoms with Gasteiger partial charge in [0.15, 0.2) is 0 Å². The van der Waals surface area contributed by atoms with E-state index in [9.17, 15) is 0 Å². The Bertz CT molecular complexity index is 2660. The molecule has 0 radical (unpaired) electrons. The van der Waals surface area contributed by atoms with Gasteiger partial charge in [-0.25, -0.2) is 0 Å². The zero-order valence-electron chi connectivity index (χ0n) is 31.0. The zero-order chi connectivity index (χ0) is 37.6. The lowest BCUT2D eigenvalue weighted by atomic mass is 9.91. The van der Waals surface area contributed by atoms with Crippen molar-refractivity contribution in [3.05, 3.63) is 224 Å². The Kier molecular flexibility index (Phi) is 10.5. The minimum absolute atomic E-state index is 0.858. The average Bonchev–Trinajstić information content (AvgIpc) is 3.58. The summed E-state index contributed by atoms with van der Waals surface area (Å²) in [7, 11) is 0. The number of benzene rings is 8. The molecule has 2 heterocycles. The maximum Gasteiger partial charge on any atom is 0.0548 e. The highest BCUT2D eigenvalue weighted by Gasteiger charge is 2.26. The summed E-state index contributed by atoms with van der Waals surface area (Å²) in [5.41, 5.74) is 13.9. The van der Waals surface area contributed by atoms with Crippen molar-refractivity contribution < 1.29 is 0 Å². The van der Waals surface area contributed by atoms with Gasteiger partial charge in [0.2, 0.25) is 0 Å². The van der Waals surface area contributed by atoms with Crippen molar-refractivity contribution in [1.82, 2.24) is 4.57 Å². The fourth-order valence-corrected chi connectivity index (χ4v) is 8.44. The normalized spacial score (nSPS) is 11.5. The molecule has 10 rings (SSSR count). The molecule has 0 saturated carbocycles. The lowest BCUT2D eigenvalue weighted by molar-refractivity contribution is 0.956. The van der Waals surface area contributed by atoms with Crippen molar-refractivity contribution in [2.75, 3.05) is 4.90 Å². The summed E-state index contributed by atoms with van der Waals surface area (Å²) in [5.74, 6) is 0. The van der Waals surface area contributed by atoms with E-state index in [1.165, 1.54) is 82.0 Å². The molecule has 3 heteroatoms. The van der Waals surface area contributed by atoms with Crippen molar-refractivity contribution in [3.63, 3.8) is 0 Å². The standard InChI is InChI=1S/C38H28N2S.C12H10.C2H4/c1-26-12-5-9-20-35(26)39-25-27-13-6-7-18-31(27)33-24-38-34(23-37(33)39)32-19-8-10-21-36(32)40(38)28-14-11-17-30(22-28)41-29-15-3-2-4-16-29;1-3-7-11(8-4-1)12-9-5-2-6-10-12;1-2/h2-24H,25H2,1H3;1-10H;1-2H2. The van der Waals surface area contributed by atoms with Crippen LogP contribution in [0.5, 0.6) is 0 Å². The number of rotatable bonds is 5. The summed E-state index contributed by atoms with van der Waals surface area (Å²) in [6.07, 6.45) is 0. The zero-order valence-corrected chi connectivity index (χ0v) is 31.8. The van der Waals surface area contributed by atoms with Gasteiger partial charge in [0.05, 0.1) is 16.7 Å². The molecule has 0 unspecified atom stereocenters. The molecule has 1 aliphatic rings. The van der Waals surface area contributed by atoms with Gasteiger partial charge >= 0.3 is 0 Å². The Hall–Kier alpha value is -6.55. The largest absolute Gasteiger partial charge is 0.336 e. The van der Waals surface area contributed by atoms with Crippen LogP contribution >= 0.6 is 11.8 Å². The highest BCUT2D eigenvalue weighted by atomic mass is 32.2. The first-order chi connectivity index (χ1) is 27.2. The van der Waals surface area contributed by atoms with E-state index in [2.05, 4.69) is 218 Å². The molecular weight excluding hydrogens is 685 g/mol. The fraction of sp³-hybridized carbons (Fsp3) is 0.0385. The highest BCUT2D eigenvalue weighted by molar-refractivity contribution is 7.99. The summed E-state index contributed by atoms with van der Waals surface area (Å²) < 4.78 is 2.44. The summed E-state index contributed by atoms with van der Waals surface area (Å²) in [6.45, 7) is 9.07. The van der Waals surface area contributed by atoms with Crippen molar-refractivity contribution in [1.29, 1.82) is 0 Å². The van der Waals surface area contributed by atoms with Crippen LogP contribution in [0, 0.1) is 6.92 Å². The maximum absolute atomic E-state index is 3.00. The Morgan fingerprint density at radius 3 is 1.78 bits per heavy atom. The topological polar surface area (TPSA) is 8.17 Å². The van der Waals surface area contributed by atoms with E-state index < -0.39 is 0 Å². The molecule has 8 aromatic carbocycles. The predicted octanol–water partition coefficient (Wildman–Crippen LogP) is 14.7. The number of anilines is 2. The van der Waals surface area contributed by atoms with E-state index >= 15 is 0 Å². The number of aryl methyl sites for hydroxylation is 1. The van der Waals surface area contributed by atoms with Crippen molar-refractivity contribution >= 4 is 44.9 Å². The number of nitrogens with zero attached hydrogens (tertiary/aromatic N) is 2. The van der Waals surface area contributed by atoms with Crippen molar-refractivity contribution in [2.24, 2.45) is 0 Å². The first-order valence-electron chi connectivity index (χ1n) is 18.6. The monoisotopic (exact) mass is 726 g/mol. The van der Waals surface area contributed by atoms with Crippen molar-refractivity contribution in [2.45, 2.75) is 23.3 Å². The number of para-hydroxylation sites is 2. The molecule has 55 heavy (non-hydrogen) atoms. The number of hydrogen-bond acceptors (Lipinski definition) is 2. The highest BCUT2D eigenvalue weighted by Crippen LogP contribution is 2.47. The Morgan fingerprint density at radius 2 is 1.05 bits per heavy atom. The first-order valence-corrected chi connectivity index (χ1v) is 19.5. The van der Waals surface area contributed by atoms with Gasteiger partial charge in [-0.05, 0) is 89.3 Å². The van der Waals surface area contributed by atoms with Gasteiger partial charge in [-0.2, -0.15) is 0 Å². The molecule has 1 aliphatic heterocycles.